The summed E-state index contributed by atoms with van der Waals surface area (Å²) in [6.45, 7) is 6.44. The summed E-state index contributed by atoms with van der Waals surface area (Å²) in [4.78, 5) is 0. The Balaban J connectivity index is 2.41. The van der Waals surface area contributed by atoms with Crippen molar-refractivity contribution >= 4 is 30.8 Å². The van der Waals surface area contributed by atoms with E-state index in [1.807, 2.05) is 0 Å². The normalized spacial score (nSPS) is 12.4. The Morgan fingerprint density at radius 1 is 0.778 bits per heavy atom. The van der Waals surface area contributed by atoms with Crippen LogP contribution in [0.3, 0.4) is 0 Å². The van der Waals surface area contributed by atoms with Gasteiger partial charge in [0.1, 0.15) is 8.80 Å². The van der Waals surface area contributed by atoms with E-state index in [0.29, 0.717) is 0 Å². The topological polar surface area (TPSA) is 0 Å². The number of benzene rings is 2. The summed E-state index contributed by atoms with van der Waals surface area (Å²) in [6, 6.07) is 15.7. The maximum atomic E-state index is 6.24. The lowest BCUT2D eigenvalue weighted by molar-refractivity contribution is 1.40. The van der Waals surface area contributed by atoms with Crippen molar-refractivity contribution in [1.29, 1.82) is 0 Å². The van der Waals surface area contributed by atoms with Gasteiger partial charge in [-0.3, -0.25) is 0 Å². The Kier molecular flexibility index (Phi) is 4.26. The average molecular weight is 275 g/mol. The molecule has 1 unspecified atom stereocenters. The van der Waals surface area contributed by atoms with Gasteiger partial charge in [-0.05, 0) is 20.8 Å². The first-order chi connectivity index (χ1) is 8.60. The van der Waals surface area contributed by atoms with Crippen molar-refractivity contribution in [2.45, 2.75) is 20.8 Å². The van der Waals surface area contributed by atoms with Crippen LogP contribution in [0.25, 0.3) is 0 Å². The van der Waals surface area contributed by atoms with Gasteiger partial charge in [0.2, 0.25) is 0 Å². The Morgan fingerprint density at radius 3 is 1.83 bits per heavy atom. The number of hydrogen-bond acceptors (Lipinski definition) is 0. The Bertz CT molecular complexity index is 511. The van der Waals surface area contributed by atoms with Crippen LogP contribution in [0.15, 0.2) is 42.5 Å². The van der Waals surface area contributed by atoms with Crippen LogP contribution in [-0.4, -0.2) is 14.3 Å². The van der Waals surface area contributed by atoms with E-state index in [1.54, 1.807) is 0 Å². The molecule has 0 radical (unpaired) electrons. The molecule has 0 saturated heterocycles. The van der Waals surface area contributed by atoms with E-state index in [2.05, 4.69) is 63.2 Å². The fourth-order valence-electron chi connectivity index (χ4n) is 2.38. The molecule has 0 heterocycles. The molecule has 2 heteroatoms. The molecule has 0 bridgehead atoms. The molecule has 0 spiro atoms. The van der Waals surface area contributed by atoms with Gasteiger partial charge in [0.15, 0.2) is 0 Å². The number of alkyl halides is 1. The third kappa shape index (κ3) is 3.04. The molecule has 0 aliphatic rings. The summed E-state index contributed by atoms with van der Waals surface area (Å²) in [6.07, 6.45) is 0. The van der Waals surface area contributed by atoms with E-state index < -0.39 is 8.80 Å². The van der Waals surface area contributed by atoms with Crippen molar-refractivity contribution < 1.29 is 0 Å². The Labute approximate surface area is 116 Å². The molecule has 0 N–H and O–H groups in total. The zero-order valence-corrected chi connectivity index (χ0v) is 13.1. The van der Waals surface area contributed by atoms with Crippen molar-refractivity contribution in [2.75, 3.05) is 5.50 Å². The fraction of sp³-hybridized carbons (Fsp3) is 0.250. The summed E-state index contributed by atoms with van der Waals surface area (Å²) in [5.74, 6) is 0. The van der Waals surface area contributed by atoms with Crippen LogP contribution < -0.4 is 10.4 Å². The molecule has 1 atom stereocenters. The second-order valence-electron chi connectivity index (χ2n) is 5.04. The van der Waals surface area contributed by atoms with Crippen molar-refractivity contribution in [2.24, 2.45) is 0 Å². The molecule has 2 rings (SSSR count). The van der Waals surface area contributed by atoms with Gasteiger partial charge in [-0.2, -0.15) is 0 Å². The van der Waals surface area contributed by atoms with Crippen LogP contribution in [0, 0.1) is 20.8 Å². The highest BCUT2D eigenvalue weighted by Gasteiger charge is 2.15. The van der Waals surface area contributed by atoms with Gasteiger partial charge >= 0.3 is 0 Å². The summed E-state index contributed by atoms with van der Waals surface area (Å²) in [7, 11) is -1.24. The number of aryl methyl sites for hydroxylation is 3. The molecular formula is C16H19ClSi. The van der Waals surface area contributed by atoms with Crippen molar-refractivity contribution in [1.82, 2.24) is 0 Å². The highest BCUT2D eigenvalue weighted by molar-refractivity contribution is 6.89. The Hall–Kier alpha value is -1.05. The predicted molar refractivity (Wildman–Crippen MR) is 84.2 cm³/mol. The summed E-state index contributed by atoms with van der Waals surface area (Å²) in [5, 5.41) is 2.88. The first-order valence-corrected chi connectivity index (χ1v) is 8.81. The molecule has 0 aromatic heterocycles. The van der Waals surface area contributed by atoms with Gasteiger partial charge in [0, 0.05) is 5.50 Å². The van der Waals surface area contributed by atoms with E-state index in [4.69, 9.17) is 11.6 Å². The molecule has 0 nitrogen and oxygen atoms in total. The number of hydrogen-bond donors (Lipinski definition) is 0. The first kappa shape index (κ1) is 13.4. The first-order valence-electron chi connectivity index (χ1n) is 6.31. The van der Waals surface area contributed by atoms with Gasteiger partial charge in [0.05, 0.1) is 0 Å². The third-order valence-electron chi connectivity index (χ3n) is 3.28. The van der Waals surface area contributed by atoms with Crippen LogP contribution in [0.2, 0.25) is 0 Å². The lowest BCUT2D eigenvalue weighted by Crippen LogP contribution is -2.44. The quantitative estimate of drug-likeness (QED) is 0.596. The van der Waals surface area contributed by atoms with Crippen LogP contribution in [0.1, 0.15) is 16.7 Å². The maximum absolute atomic E-state index is 6.24. The minimum atomic E-state index is -1.24. The van der Waals surface area contributed by atoms with Crippen LogP contribution in [-0.2, 0) is 0 Å². The fourth-order valence-corrected chi connectivity index (χ4v) is 5.78. The summed E-state index contributed by atoms with van der Waals surface area (Å²) in [5.41, 5.74) is 4.73. The lowest BCUT2D eigenvalue weighted by atomic mass is 10.2. The van der Waals surface area contributed by atoms with E-state index in [0.717, 1.165) is 5.50 Å². The second kappa shape index (κ2) is 5.72. The second-order valence-corrected chi connectivity index (χ2v) is 8.71. The van der Waals surface area contributed by atoms with Gasteiger partial charge in [-0.15, -0.1) is 11.6 Å². The largest absolute Gasteiger partial charge is 0.130 e. The molecule has 94 valence electrons. The maximum Gasteiger partial charge on any atom is 0.117 e. The average Bonchev–Trinajstić information content (AvgIpc) is 2.31. The number of rotatable bonds is 3. The monoisotopic (exact) mass is 274 g/mol. The van der Waals surface area contributed by atoms with Gasteiger partial charge in [-0.25, -0.2) is 0 Å². The van der Waals surface area contributed by atoms with E-state index in [1.165, 1.54) is 27.1 Å². The minimum Gasteiger partial charge on any atom is -0.130 e. The van der Waals surface area contributed by atoms with Gasteiger partial charge in [0.25, 0.3) is 0 Å². The molecule has 2 aromatic rings. The molecule has 0 amide bonds. The molecule has 2 aromatic carbocycles. The summed E-state index contributed by atoms with van der Waals surface area (Å²) < 4.78 is 0. The standard InChI is InChI=1S/C16H19ClSi/c1-12-4-6-15(7-5-12)18(11-17)16-9-13(2)8-14(3)10-16/h4-10,18H,11H2,1-3H3. The van der Waals surface area contributed by atoms with Crippen LogP contribution in [0.5, 0.6) is 0 Å². The highest BCUT2D eigenvalue weighted by atomic mass is 35.5. The molecule has 0 aliphatic carbocycles. The SMILES string of the molecule is Cc1ccc([SiH](CCl)c2cc(C)cc(C)c2)cc1. The smallest absolute Gasteiger partial charge is 0.117 e. The number of halogens is 1. The third-order valence-corrected chi connectivity index (χ3v) is 6.84. The zero-order valence-electron chi connectivity index (χ0n) is 11.2. The Morgan fingerprint density at radius 2 is 1.33 bits per heavy atom. The molecule has 0 aliphatic heterocycles. The predicted octanol–water partition coefficient (Wildman–Crippen LogP) is 2.73. The molecule has 0 saturated carbocycles. The van der Waals surface area contributed by atoms with Crippen molar-refractivity contribution in [3.8, 4) is 0 Å². The highest BCUT2D eigenvalue weighted by Crippen LogP contribution is 2.04. The van der Waals surface area contributed by atoms with Crippen LogP contribution >= 0.6 is 11.6 Å². The van der Waals surface area contributed by atoms with E-state index in [9.17, 15) is 0 Å². The van der Waals surface area contributed by atoms with Crippen molar-refractivity contribution in [3.05, 3.63) is 59.2 Å². The summed E-state index contributed by atoms with van der Waals surface area (Å²) >= 11 is 6.24. The van der Waals surface area contributed by atoms with Gasteiger partial charge in [-0.1, -0.05) is 69.5 Å². The van der Waals surface area contributed by atoms with E-state index >= 15 is 0 Å². The lowest BCUT2D eigenvalue weighted by Gasteiger charge is -2.15. The zero-order chi connectivity index (χ0) is 13.1. The molecule has 18 heavy (non-hydrogen) atoms. The molecule has 0 fully saturated rings. The van der Waals surface area contributed by atoms with Crippen LogP contribution in [0.4, 0.5) is 0 Å². The van der Waals surface area contributed by atoms with Gasteiger partial charge < -0.3 is 0 Å². The van der Waals surface area contributed by atoms with Crippen molar-refractivity contribution in [3.63, 3.8) is 0 Å². The van der Waals surface area contributed by atoms with E-state index in [-0.39, 0.29) is 0 Å². The minimum absolute atomic E-state index is 0.756. The molecular weight excluding hydrogens is 256 g/mol.